The molecule has 0 saturated heterocycles. The summed E-state index contributed by atoms with van der Waals surface area (Å²) in [4.78, 5) is 2.52. The van der Waals surface area contributed by atoms with Crippen LogP contribution in [-0.4, -0.2) is 23.6 Å². The maximum atomic E-state index is 9.43. The Morgan fingerprint density at radius 1 is 1.50 bits per heavy atom. The molecule has 6 heteroatoms. The standard InChI is InChI=1S/C10H11N3O3/c11-13-12-7-16-10-6-8(2-1-5-14)3-4-9(10)15/h1-4,6,14-15H,5,7H2/b2-1+. The summed E-state index contributed by atoms with van der Waals surface area (Å²) in [5.41, 5.74) is 8.83. The second-order valence-electron chi connectivity index (χ2n) is 2.82. The van der Waals surface area contributed by atoms with Crippen molar-refractivity contribution in [3.05, 3.63) is 40.3 Å². The van der Waals surface area contributed by atoms with E-state index in [4.69, 9.17) is 15.4 Å². The third-order valence-corrected chi connectivity index (χ3v) is 1.74. The number of aromatic hydroxyl groups is 1. The average molecular weight is 221 g/mol. The number of hydrogen-bond acceptors (Lipinski definition) is 4. The molecule has 0 unspecified atom stereocenters. The Bertz CT molecular complexity index is 425. The zero-order valence-corrected chi connectivity index (χ0v) is 8.45. The van der Waals surface area contributed by atoms with Crippen LogP contribution in [0.3, 0.4) is 0 Å². The Morgan fingerprint density at radius 3 is 3.00 bits per heavy atom. The molecule has 0 fully saturated rings. The van der Waals surface area contributed by atoms with Gasteiger partial charge >= 0.3 is 0 Å². The van der Waals surface area contributed by atoms with Gasteiger partial charge in [0.2, 0.25) is 0 Å². The predicted molar refractivity (Wildman–Crippen MR) is 58.9 cm³/mol. The first-order valence-electron chi connectivity index (χ1n) is 4.52. The van der Waals surface area contributed by atoms with Crippen molar-refractivity contribution in [2.45, 2.75) is 0 Å². The van der Waals surface area contributed by atoms with Crippen molar-refractivity contribution in [3.8, 4) is 11.5 Å². The zero-order valence-electron chi connectivity index (χ0n) is 8.45. The normalized spacial score (nSPS) is 10.1. The van der Waals surface area contributed by atoms with Crippen LogP contribution in [0.25, 0.3) is 16.5 Å². The first-order valence-corrected chi connectivity index (χ1v) is 4.52. The molecule has 84 valence electrons. The number of nitrogens with zero attached hydrogens (tertiary/aromatic N) is 3. The molecule has 16 heavy (non-hydrogen) atoms. The number of aliphatic hydroxyl groups is 1. The number of aliphatic hydroxyl groups excluding tert-OH is 1. The minimum Gasteiger partial charge on any atom is -0.504 e. The lowest BCUT2D eigenvalue weighted by atomic mass is 10.2. The molecule has 0 saturated carbocycles. The topological polar surface area (TPSA) is 98.5 Å². The van der Waals surface area contributed by atoms with Crippen LogP contribution in [0.5, 0.6) is 11.5 Å². The largest absolute Gasteiger partial charge is 0.504 e. The maximum Gasteiger partial charge on any atom is 0.167 e. The summed E-state index contributed by atoms with van der Waals surface area (Å²) < 4.78 is 5.03. The van der Waals surface area contributed by atoms with E-state index in [0.29, 0.717) is 0 Å². The highest BCUT2D eigenvalue weighted by molar-refractivity contribution is 5.55. The monoisotopic (exact) mass is 221 g/mol. The smallest absolute Gasteiger partial charge is 0.167 e. The van der Waals surface area contributed by atoms with Gasteiger partial charge in [-0.1, -0.05) is 23.3 Å². The van der Waals surface area contributed by atoms with Crippen LogP contribution in [0.2, 0.25) is 0 Å². The van der Waals surface area contributed by atoms with Gasteiger partial charge in [0.1, 0.15) is 0 Å². The summed E-state index contributed by atoms with van der Waals surface area (Å²) in [6.45, 7) is -0.243. The van der Waals surface area contributed by atoms with E-state index < -0.39 is 0 Å². The predicted octanol–water partition coefficient (Wildman–Crippen LogP) is 2.04. The molecule has 0 radical (unpaired) electrons. The van der Waals surface area contributed by atoms with Gasteiger partial charge in [-0.15, -0.1) is 0 Å². The van der Waals surface area contributed by atoms with E-state index in [1.165, 1.54) is 6.07 Å². The molecule has 1 aromatic rings. The number of rotatable bonds is 5. The molecule has 0 atom stereocenters. The number of phenolic OH excluding ortho intramolecular Hbond substituents is 1. The van der Waals surface area contributed by atoms with Crippen LogP contribution < -0.4 is 4.74 Å². The van der Waals surface area contributed by atoms with Gasteiger partial charge in [0.05, 0.1) is 6.61 Å². The fraction of sp³-hybridized carbons (Fsp3) is 0.200. The number of phenols is 1. The number of benzene rings is 1. The lowest BCUT2D eigenvalue weighted by molar-refractivity contribution is 0.309. The van der Waals surface area contributed by atoms with Crippen molar-refractivity contribution in [2.24, 2.45) is 5.11 Å². The van der Waals surface area contributed by atoms with Crippen LogP contribution in [0.4, 0.5) is 0 Å². The average Bonchev–Trinajstić information content (AvgIpc) is 2.30. The van der Waals surface area contributed by atoms with Crippen LogP contribution in [0, 0.1) is 0 Å². The second-order valence-corrected chi connectivity index (χ2v) is 2.82. The molecule has 0 heterocycles. The van der Waals surface area contributed by atoms with Gasteiger partial charge in [-0.05, 0) is 23.2 Å². The summed E-state index contributed by atoms with van der Waals surface area (Å²) in [5.74, 6) is 0.196. The molecule has 1 aromatic carbocycles. The molecular formula is C10H11N3O3. The van der Waals surface area contributed by atoms with Crippen LogP contribution in [0.1, 0.15) is 5.56 Å². The summed E-state index contributed by atoms with van der Waals surface area (Å²) in [7, 11) is 0. The zero-order chi connectivity index (χ0) is 11.8. The van der Waals surface area contributed by atoms with E-state index in [0.717, 1.165) is 5.56 Å². The van der Waals surface area contributed by atoms with Gasteiger partial charge in [0.25, 0.3) is 0 Å². The Hall–Kier alpha value is -2.17. The van der Waals surface area contributed by atoms with Gasteiger partial charge in [0, 0.05) is 4.91 Å². The number of hydrogen-bond donors (Lipinski definition) is 2. The highest BCUT2D eigenvalue weighted by atomic mass is 16.5. The Balaban J connectivity index is 2.81. The molecule has 0 aromatic heterocycles. The van der Waals surface area contributed by atoms with Crippen molar-refractivity contribution in [1.82, 2.24) is 0 Å². The Morgan fingerprint density at radius 2 is 2.31 bits per heavy atom. The van der Waals surface area contributed by atoms with Gasteiger partial charge in [-0.25, -0.2) is 0 Å². The van der Waals surface area contributed by atoms with Crippen molar-refractivity contribution < 1.29 is 14.9 Å². The molecule has 0 aliphatic heterocycles. The van der Waals surface area contributed by atoms with E-state index in [2.05, 4.69) is 10.0 Å². The van der Waals surface area contributed by atoms with Crippen LogP contribution in [-0.2, 0) is 0 Å². The molecule has 0 spiro atoms. The summed E-state index contributed by atoms with van der Waals surface area (Å²) in [6.07, 6.45) is 3.24. The summed E-state index contributed by atoms with van der Waals surface area (Å²) in [6, 6.07) is 4.71. The maximum absolute atomic E-state index is 9.43. The van der Waals surface area contributed by atoms with Gasteiger partial charge < -0.3 is 14.9 Å². The summed E-state index contributed by atoms with van der Waals surface area (Å²) in [5, 5.41) is 21.2. The number of ether oxygens (including phenoxy) is 1. The minimum atomic E-state index is -0.183. The first kappa shape index (κ1) is 11.9. The number of azide groups is 1. The van der Waals surface area contributed by atoms with E-state index >= 15 is 0 Å². The fourth-order valence-electron chi connectivity index (χ4n) is 1.06. The van der Waals surface area contributed by atoms with Crippen molar-refractivity contribution in [2.75, 3.05) is 13.3 Å². The first-order chi connectivity index (χ1) is 7.77. The van der Waals surface area contributed by atoms with Gasteiger partial charge in [0.15, 0.2) is 18.2 Å². The SMILES string of the molecule is [N-]=[N+]=NCOc1cc(/C=C/CO)ccc1O. The molecule has 0 amide bonds. The van der Waals surface area contributed by atoms with Crippen molar-refractivity contribution >= 4 is 6.08 Å². The second kappa shape index (κ2) is 6.34. The van der Waals surface area contributed by atoms with E-state index in [1.54, 1.807) is 24.3 Å². The lowest BCUT2D eigenvalue weighted by Gasteiger charge is -2.05. The third kappa shape index (κ3) is 3.53. The van der Waals surface area contributed by atoms with Crippen LogP contribution >= 0.6 is 0 Å². The molecule has 6 nitrogen and oxygen atoms in total. The molecule has 0 aliphatic carbocycles. The van der Waals surface area contributed by atoms with Gasteiger partial charge in [-0.3, -0.25) is 0 Å². The van der Waals surface area contributed by atoms with E-state index in [1.807, 2.05) is 0 Å². The van der Waals surface area contributed by atoms with E-state index in [-0.39, 0.29) is 24.8 Å². The highest BCUT2D eigenvalue weighted by Crippen LogP contribution is 2.27. The molecule has 1 rings (SSSR count). The molecule has 0 aliphatic rings. The molecule has 2 N–H and O–H groups in total. The molecule has 0 bridgehead atoms. The lowest BCUT2D eigenvalue weighted by Crippen LogP contribution is -1.93. The quantitative estimate of drug-likeness (QED) is 0.452. The molecular weight excluding hydrogens is 210 g/mol. The fourth-order valence-corrected chi connectivity index (χ4v) is 1.06. The van der Waals surface area contributed by atoms with Crippen LogP contribution in [0.15, 0.2) is 29.4 Å². The Labute approximate surface area is 92.0 Å². The minimum absolute atomic E-state index is 0.0331. The Kier molecular flexibility index (Phi) is 4.72. The highest BCUT2D eigenvalue weighted by Gasteiger charge is 2.01. The third-order valence-electron chi connectivity index (χ3n) is 1.74. The van der Waals surface area contributed by atoms with Crippen molar-refractivity contribution in [3.63, 3.8) is 0 Å². The van der Waals surface area contributed by atoms with Gasteiger partial charge in [-0.2, -0.15) is 0 Å². The van der Waals surface area contributed by atoms with Crippen molar-refractivity contribution in [1.29, 1.82) is 0 Å². The van der Waals surface area contributed by atoms with E-state index in [9.17, 15) is 5.11 Å². The summed E-state index contributed by atoms with van der Waals surface area (Å²) >= 11 is 0.